The number of carbonyl (C=O) groups excluding carboxylic acids is 2. The van der Waals surface area contributed by atoms with Crippen molar-refractivity contribution in [2.75, 3.05) is 13.2 Å². The molecule has 0 spiro atoms. The molecule has 1 aromatic heterocycles. The molecule has 1 aliphatic carbocycles. The second kappa shape index (κ2) is 15.4. The highest BCUT2D eigenvalue weighted by atomic mass is 16.7. The summed E-state index contributed by atoms with van der Waals surface area (Å²) in [6.07, 6.45) is -11.3. The number of rotatable bonds is 10. The highest BCUT2D eigenvalue weighted by molar-refractivity contribution is 6.08. The Morgan fingerprint density at radius 1 is 0.800 bits per heavy atom. The molecule has 4 heterocycles. The predicted molar refractivity (Wildman–Crippen MR) is 174 cm³/mol. The molecule has 2 aromatic rings. The number of fused-ring (bicyclic) bond motifs is 1. The van der Waals surface area contributed by atoms with E-state index in [9.17, 15) is 30.0 Å². The maximum Gasteiger partial charge on any atom is 0.315 e. The van der Waals surface area contributed by atoms with Gasteiger partial charge < -0.3 is 77.3 Å². The Morgan fingerprint density at radius 3 is 2.14 bits per heavy atom. The summed E-state index contributed by atoms with van der Waals surface area (Å²) in [7, 11) is 0. The van der Waals surface area contributed by atoms with Crippen molar-refractivity contribution in [1.82, 2.24) is 4.57 Å². The van der Waals surface area contributed by atoms with Crippen LogP contribution in [0.4, 0.5) is 0 Å². The first kappa shape index (κ1) is 36.9. The van der Waals surface area contributed by atoms with Crippen LogP contribution in [-0.4, -0.2) is 135 Å². The maximum atomic E-state index is 13.3. The molecular weight excluding hydrogens is 656 g/mol. The van der Waals surface area contributed by atoms with E-state index in [0.29, 0.717) is 29.9 Å². The smallest absolute Gasteiger partial charge is 0.315 e. The zero-order valence-corrected chi connectivity index (χ0v) is 27.4. The molecule has 15 atom stereocenters. The van der Waals surface area contributed by atoms with Crippen molar-refractivity contribution in [3.63, 3.8) is 0 Å². The molecule has 0 bridgehead atoms. The van der Waals surface area contributed by atoms with Gasteiger partial charge in [0.05, 0.1) is 35.9 Å². The highest BCUT2D eigenvalue weighted by Crippen LogP contribution is 2.34. The molecule has 50 heavy (non-hydrogen) atoms. The second-order valence-electron chi connectivity index (χ2n) is 13.6. The van der Waals surface area contributed by atoms with E-state index in [-0.39, 0.29) is 25.2 Å². The molecule has 1 aromatic carbocycles. The number of aliphatic hydroxyl groups excluding tert-OH is 4. The van der Waals surface area contributed by atoms with E-state index in [1.165, 1.54) is 0 Å². The molecule has 276 valence electrons. The predicted octanol–water partition coefficient (Wildman–Crippen LogP) is -3.52. The lowest BCUT2D eigenvalue weighted by Gasteiger charge is -2.47. The third kappa shape index (κ3) is 7.24. The Labute approximate surface area is 288 Å². The summed E-state index contributed by atoms with van der Waals surface area (Å²) < 4.78 is 31.0. The van der Waals surface area contributed by atoms with Gasteiger partial charge >= 0.3 is 5.97 Å². The number of aromatic nitrogens is 1. The first-order chi connectivity index (χ1) is 23.9. The summed E-state index contributed by atoms with van der Waals surface area (Å²) in [6, 6.07) is 8.68. The molecular formula is C33H48N6O11. The molecule has 3 fully saturated rings. The van der Waals surface area contributed by atoms with Gasteiger partial charge in [0.1, 0.15) is 43.2 Å². The van der Waals surface area contributed by atoms with E-state index in [1.54, 1.807) is 41.0 Å². The number of ether oxygens (including phenoxy) is 5. The van der Waals surface area contributed by atoms with Gasteiger partial charge in [-0.1, -0.05) is 30.3 Å². The van der Waals surface area contributed by atoms with E-state index < -0.39 is 104 Å². The van der Waals surface area contributed by atoms with E-state index in [0.717, 1.165) is 0 Å². The molecule has 1 unspecified atom stereocenters. The van der Waals surface area contributed by atoms with Crippen LogP contribution < -0.4 is 28.7 Å². The largest absolute Gasteiger partial charge is 0.462 e. The summed E-state index contributed by atoms with van der Waals surface area (Å²) >= 11 is 0. The van der Waals surface area contributed by atoms with Gasteiger partial charge in [0.25, 0.3) is 0 Å². The summed E-state index contributed by atoms with van der Waals surface area (Å²) in [6.45, 7) is 0.0421. The van der Waals surface area contributed by atoms with Crippen molar-refractivity contribution in [1.29, 1.82) is 0 Å². The normalized spacial score (nSPS) is 40.3. The third-order valence-electron chi connectivity index (χ3n) is 10.2. The maximum absolute atomic E-state index is 13.3. The van der Waals surface area contributed by atoms with Crippen LogP contribution in [-0.2, 0) is 35.0 Å². The minimum Gasteiger partial charge on any atom is -0.462 e. The standard InChI is InChI=1S/C33H48N6O11/c34-12-22-21(40)11-18(37)32(47-22)49-29-16(35)10-17(36)30(28(29)44)50-33-27(43)24(38)26(42)23(48-33)13-46-31(45)15-8-9-39-19(15)6-7-20(39)25(41)14-4-2-1-3-5-14/h1-7,15-18,21-24,26-30,32-33,40,42-44H,8-13,34-38H2/t15?,16-,17+,18+,21-,22+,23+,24-,26+,27+,28-,29+,30-,32+,33+/m0/s1. The van der Waals surface area contributed by atoms with Gasteiger partial charge in [-0.2, -0.15) is 0 Å². The average Bonchev–Trinajstić information content (AvgIpc) is 3.71. The van der Waals surface area contributed by atoms with Crippen LogP contribution in [0.15, 0.2) is 42.5 Å². The number of nitrogens with two attached hydrogens (primary N) is 5. The zero-order valence-electron chi connectivity index (χ0n) is 27.4. The topological polar surface area (TPSA) is 296 Å². The lowest BCUT2D eigenvalue weighted by Crippen LogP contribution is -2.68. The molecule has 3 aliphatic heterocycles. The van der Waals surface area contributed by atoms with Crippen molar-refractivity contribution >= 4 is 11.8 Å². The summed E-state index contributed by atoms with van der Waals surface area (Å²) in [5, 5.41) is 43.2. The first-order valence-electron chi connectivity index (χ1n) is 16.9. The fourth-order valence-corrected chi connectivity index (χ4v) is 7.30. The zero-order chi connectivity index (χ0) is 35.9. The van der Waals surface area contributed by atoms with Crippen molar-refractivity contribution in [3.8, 4) is 0 Å². The number of hydrogen-bond donors (Lipinski definition) is 9. The van der Waals surface area contributed by atoms with Gasteiger partial charge in [-0.05, 0) is 31.4 Å². The molecule has 0 radical (unpaired) electrons. The Morgan fingerprint density at radius 2 is 1.46 bits per heavy atom. The fraction of sp³-hybridized carbons (Fsp3) is 0.636. The molecule has 1 saturated carbocycles. The Kier molecular flexibility index (Phi) is 11.4. The molecule has 0 amide bonds. The van der Waals surface area contributed by atoms with Gasteiger partial charge in [0.2, 0.25) is 5.78 Å². The summed E-state index contributed by atoms with van der Waals surface area (Å²) in [5.74, 6) is -1.39. The fourth-order valence-electron chi connectivity index (χ4n) is 7.30. The SMILES string of the molecule is NC[C@H]1O[C@H](O[C@H]2[C@H](O)[C@@H](O[C@H]3O[C@H](COC(=O)C4CCn5c(C(=O)c6ccccc6)ccc54)[C@@H](O)[C@H](N)[C@H]3O)[C@H](N)C[C@@H]2N)[C@H](N)C[C@@H]1O. The number of ketones is 1. The van der Waals surface area contributed by atoms with Crippen LogP contribution in [0.3, 0.4) is 0 Å². The lowest BCUT2D eigenvalue weighted by molar-refractivity contribution is -0.315. The van der Waals surface area contributed by atoms with Crippen LogP contribution in [0, 0.1) is 0 Å². The van der Waals surface area contributed by atoms with E-state index in [2.05, 4.69) is 0 Å². The first-order valence-corrected chi connectivity index (χ1v) is 16.9. The van der Waals surface area contributed by atoms with Crippen molar-refractivity contribution in [2.24, 2.45) is 28.7 Å². The lowest BCUT2D eigenvalue weighted by atomic mass is 9.84. The average molecular weight is 705 g/mol. The highest BCUT2D eigenvalue weighted by Gasteiger charge is 2.50. The quantitative estimate of drug-likeness (QED) is 0.0855. The summed E-state index contributed by atoms with van der Waals surface area (Å²) in [5.41, 5.74) is 32.3. The van der Waals surface area contributed by atoms with Crippen molar-refractivity contribution in [3.05, 3.63) is 59.4 Å². The Balaban J connectivity index is 1.08. The number of esters is 1. The molecule has 14 N–H and O–H groups in total. The number of nitrogens with zero attached hydrogens (tertiary/aromatic N) is 1. The van der Waals surface area contributed by atoms with Gasteiger partial charge in [-0.3, -0.25) is 9.59 Å². The molecule has 2 saturated heterocycles. The number of carbonyl (C=O) groups is 2. The van der Waals surface area contributed by atoms with Gasteiger partial charge in [-0.15, -0.1) is 0 Å². The van der Waals surface area contributed by atoms with Crippen molar-refractivity contribution < 1.29 is 53.7 Å². The molecule has 4 aliphatic rings. The monoisotopic (exact) mass is 704 g/mol. The minimum atomic E-state index is -1.55. The number of hydrogen-bond acceptors (Lipinski definition) is 16. The Hall–Kier alpha value is -2.88. The van der Waals surface area contributed by atoms with Crippen LogP contribution in [0.25, 0.3) is 0 Å². The number of aliphatic hydroxyl groups is 4. The summed E-state index contributed by atoms with van der Waals surface area (Å²) in [4.78, 5) is 26.3. The van der Waals surface area contributed by atoms with Gasteiger partial charge in [0, 0.05) is 36.4 Å². The van der Waals surface area contributed by atoms with E-state index >= 15 is 0 Å². The molecule has 6 rings (SSSR count). The molecule has 17 heteroatoms. The minimum absolute atomic E-state index is 0.0218. The van der Waals surface area contributed by atoms with Crippen molar-refractivity contribution in [2.45, 2.75) is 117 Å². The van der Waals surface area contributed by atoms with E-state index in [4.69, 9.17) is 52.4 Å². The van der Waals surface area contributed by atoms with Gasteiger partial charge in [-0.25, -0.2) is 0 Å². The van der Waals surface area contributed by atoms with Gasteiger partial charge in [0.15, 0.2) is 12.6 Å². The third-order valence-corrected chi connectivity index (χ3v) is 10.2. The van der Waals surface area contributed by atoms with Crippen LogP contribution >= 0.6 is 0 Å². The van der Waals surface area contributed by atoms with Crippen LogP contribution in [0.5, 0.6) is 0 Å². The molecule has 17 nitrogen and oxygen atoms in total. The Bertz CT molecular complexity index is 1480. The van der Waals surface area contributed by atoms with Crippen LogP contribution in [0.2, 0.25) is 0 Å². The number of benzene rings is 1. The van der Waals surface area contributed by atoms with E-state index in [1.807, 2.05) is 6.07 Å². The van der Waals surface area contributed by atoms with Crippen LogP contribution in [0.1, 0.15) is 46.9 Å². The second-order valence-corrected chi connectivity index (χ2v) is 13.6.